The van der Waals surface area contributed by atoms with Gasteiger partial charge in [-0.25, -0.2) is 0 Å². The number of carbonyl (C=O) groups excluding carboxylic acids is 1. The van der Waals surface area contributed by atoms with Crippen LogP contribution in [0.5, 0.6) is 17.2 Å². The number of ether oxygens (including phenoxy) is 1. The van der Waals surface area contributed by atoms with Gasteiger partial charge in [-0.15, -0.1) is 11.3 Å². The largest absolute Gasteiger partial charge is 0.508 e. The third-order valence-corrected chi connectivity index (χ3v) is 6.70. The number of hydrogen-bond donors (Lipinski definition) is 2. The summed E-state index contributed by atoms with van der Waals surface area (Å²) in [6.45, 7) is 7.09. The molecule has 2 N–H and O–H groups in total. The van der Waals surface area contributed by atoms with Crippen LogP contribution in [0.1, 0.15) is 22.8 Å². The van der Waals surface area contributed by atoms with Gasteiger partial charge in [0.2, 0.25) is 0 Å². The van der Waals surface area contributed by atoms with E-state index in [2.05, 4.69) is 6.58 Å². The number of aromatic hydroxyl groups is 2. The maximum Gasteiger partial charge on any atom is 0.195 e. The number of hydrogen-bond acceptors (Lipinski definition) is 6. The zero-order valence-corrected chi connectivity index (χ0v) is 19.4. The Morgan fingerprint density at radius 3 is 2.33 bits per heavy atom. The highest BCUT2D eigenvalue weighted by molar-refractivity contribution is 7.22. The van der Waals surface area contributed by atoms with E-state index in [4.69, 9.17) is 4.74 Å². The number of likely N-dealkylation sites (N-methyl/N-ethyl adjacent to an activating group) is 1. The molecule has 0 saturated heterocycles. The lowest BCUT2D eigenvalue weighted by molar-refractivity contribution is 0.104. The Kier molecular flexibility index (Phi) is 6.38. The standard InChI is InChI=1S/C27H25NO4S/c1-17(2)28(3)14-15-32-22-11-6-18(7-12-22)26(31)25-23-13-10-21(30)16-24(23)33-27(25)19-4-8-20(29)9-5-19/h4-13,16,29-30H,1,14-15H2,2-3H3. The molecule has 33 heavy (non-hydrogen) atoms. The molecule has 168 valence electrons. The third kappa shape index (κ3) is 4.86. The topological polar surface area (TPSA) is 70.0 Å². The van der Waals surface area contributed by atoms with Crippen LogP contribution in [-0.4, -0.2) is 41.1 Å². The van der Waals surface area contributed by atoms with Crippen molar-refractivity contribution in [3.8, 4) is 27.7 Å². The van der Waals surface area contributed by atoms with Crippen LogP contribution < -0.4 is 4.74 Å². The van der Waals surface area contributed by atoms with Crippen LogP contribution in [0, 0.1) is 0 Å². The van der Waals surface area contributed by atoms with E-state index in [0.29, 0.717) is 23.5 Å². The average Bonchev–Trinajstić information content (AvgIpc) is 3.17. The summed E-state index contributed by atoms with van der Waals surface area (Å²) >= 11 is 1.44. The van der Waals surface area contributed by atoms with Gasteiger partial charge in [-0.3, -0.25) is 4.79 Å². The first-order valence-electron chi connectivity index (χ1n) is 10.5. The minimum atomic E-state index is -0.108. The number of carbonyl (C=O) groups is 1. The predicted octanol–water partition coefficient (Wildman–Crippen LogP) is 6.05. The molecule has 0 fully saturated rings. The van der Waals surface area contributed by atoms with Gasteiger partial charge in [0.1, 0.15) is 23.9 Å². The lowest BCUT2D eigenvalue weighted by atomic mass is 9.97. The van der Waals surface area contributed by atoms with E-state index in [9.17, 15) is 15.0 Å². The summed E-state index contributed by atoms with van der Waals surface area (Å²) in [4.78, 5) is 16.4. The van der Waals surface area contributed by atoms with Gasteiger partial charge in [0.15, 0.2) is 5.78 Å². The SMILES string of the molecule is C=C(C)N(C)CCOc1ccc(C(=O)c2c(-c3ccc(O)cc3)sc3cc(O)ccc23)cc1. The molecule has 0 aliphatic heterocycles. The molecule has 0 atom stereocenters. The quantitative estimate of drug-likeness (QED) is 0.314. The van der Waals surface area contributed by atoms with Crippen molar-refractivity contribution in [1.82, 2.24) is 4.90 Å². The van der Waals surface area contributed by atoms with E-state index in [1.807, 2.05) is 18.9 Å². The van der Waals surface area contributed by atoms with Gasteiger partial charge in [-0.2, -0.15) is 0 Å². The number of ketones is 1. The van der Waals surface area contributed by atoms with Crippen molar-refractivity contribution in [3.63, 3.8) is 0 Å². The fourth-order valence-corrected chi connectivity index (χ4v) is 4.70. The molecule has 1 aromatic heterocycles. The molecule has 6 heteroatoms. The number of rotatable bonds is 8. The number of phenols is 2. The van der Waals surface area contributed by atoms with E-state index in [1.165, 1.54) is 11.3 Å². The minimum Gasteiger partial charge on any atom is -0.508 e. The Bertz CT molecular complexity index is 1310. The lowest BCUT2D eigenvalue weighted by Gasteiger charge is -2.18. The van der Waals surface area contributed by atoms with Crippen LogP contribution in [0.3, 0.4) is 0 Å². The van der Waals surface area contributed by atoms with Crippen molar-refractivity contribution in [2.45, 2.75) is 6.92 Å². The average molecular weight is 460 g/mol. The molecule has 0 aliphatic carbocycles. The van der Waals surface area contributed by atoms with E-state index >= 15 is 0 Å². The fourth-order valence-electron chi connectivity index (χ4n) is 3.46. The maximum absolute atomic E-state index is 13.6. The summed E-state index contributed by atoms with van der Waals surface area (Å²) < 4.78 is 6.62. The number of nitrogens with zero attached hydrogens (tertiary/aromatic N) is 1. The van der Waals surface area contributed by atoms with Crippen LogP contribution in [0.25, 0.3) is 20.5 Å². The Morgan fingerprint density at radius 2 is 1.67 bits per heavy atom. The van der Waals surface area contributed by atoms with Crippen LogP contribution >= 0.6 is 11.3 Å². The second-order valence-electron chi connectivity index (χ2n) is 7.89. The normalized spacial score (nSPS) is 10.8. The van der Waals surface area contributed by atoms with Crippen molar-refractivity contribution in [2.24, 2.45) is 0 Å². The summed E-state index contributed by atoms with van der Waals surface area (Å²) in [5.74, 6) is 0.901. The van der Waals surface area contributed by atoms with Gasteiger partial charge in [0.05, 0.1) is 6.54 Å². The highest BCUT2D eigenvalue weighted by Gasteiger charge is 2.22. The third-order valence-electron chi connectivity index (χ3n) is 5.49. The molecular weight excluding hydrogens is 434 g/mol. The molecular formula is C27H25NO4S. The van der Waals surface area contributed by atoms with E-state index in [1.54, 1.807) is 66.7 Å². The zero-order chi connectivity index (χ0) is 23.5. The molecule has 3 aromatic carbocycles. The van der Waals surface area contributed by atoms with Gasteiger partial charge >= 0.3 is 0 Å². The van der Waals surface area contributed by atoms with Gasteiger partial charge < -0.3 is 19.8 Å². The Balaban J connectivity index is 1.64. The lowest BCUT2D eigenvalue weighted by Crippen LogP contribution is -2.21. The van der Waals surface area contributed by atoms with Gasteiger partial charge in [0.25, 0.3) is 0 Å². The van der Waals surface area contributed by atoms with Crippen molar-refractivity contribution in [2.75, 3.05) is 20.2 Å². The van der Waals surface area contributed by atoms with Crippen molar-refractivity contribution >= 4 is 27.2 Å². The van der Waals surface area contributed by atoms with E-state index in [-0.39, 0.29) is 17.3 Å². The number of phenolic OH excluding ortho intramolecular Hbond substituents is 2. The fraction of sp³-hybridized carbons (Fsp3) is 0.148. The number of allylic oxidation sites excluding steroid dienone is 1. The first-order valence-corrected chi connectivity index (χ1v) is 11.3. The first-order chi connectivity index (χ1) is 15.8. The summed E-state index contributed by atoms with van der Waals surface area (Å²) in [6.07, 6.45) is 0. The van der Waals surface area contributed by atoms with E-state index in [0.717, 1.165) is 32.8 Å². The highest BCUT2D eigenvalue weighted by atomic mass is 32.1. The Morgan fingerprint density at radius 1 is 1.00 bits per heavy atom. The van der Waals surface area contributed by atoms with Crippen molar-refractivity contribution < 1.29 is 19.7 Å². The summed E-state index contributed by atoms with van der Waals surface area (Å²) in [7, 11) is 1.96. The maximum atomic E-state index is 13.6. The molecule has 5 nitrogen and oxygen atoms in total. The van der Waals surface area contributed by atoms with Crippen LogP contribution in [0.15, 0.2) is 79.0 Å². The molecule has 4 aromatic rings. The van der Waals surface area contributed by atoms with Crippen LogP contribution in [-0.2, 0) is 0 Å². The summed E-state index contributed by atoms with van der Waals surface area (Å²) in [5.41, 5.74) is 2.94. The predicted molar refractivity (Wildman–Crippen MR) is 133 cm³/mol. The molecule has 0 bridgehead atoms. The molecule has 0 amide bonds. The first kappa shape index (κ1) is 22.4. The Labute approximate surface area is 196 Å². The van der Waals surface area contributed by atoms with Crippen LogP contribution in [0.2, 0.25) is 0 Å². The van der Waals surface area contributed by atoms with Crippen LogP contribution in [0.4, 0.5) is 0 Å². The number of fused-ring (bicyclic) bond motifs is 1. The number of benzene rings is 3. The molecule has 1 heterocycles. The molecule has 0 saturated carbocycles. The summed E-state index contributed by atoms with van der Waals surface area (Å²) in [5, 5.41) is 20.4. The molecule has 0 spiro atoms. The van der Waals surface area contributed by atoms with E-state index < -0.39 is 0 Å². The second kappa shape index (κ2) is 9.38. The van der Waals surface area contributed by atoms with Gasteiger partial charge in [0, 0.05) is 38.8 Å². The van der Waals surface area contributed by atoms with Crippen molar-refractivity contribution in [3.05, 3.63) is 90.1 Å². The van der Waals surface area contributed by atoms with Gasteiger partial charge in [-0.05, 0) is 79.2 Å². The number of thiophene rings is 1. The zero-order valence-electron chi connectivity index (χ0n) is 18.5. The minimum absolute atomic E-state index is 0.108. The van der Waals surface area contributed by atoms with Crippen molar-refractivity contribution in [1.29, 1.82) is 0 Å². The van der Waals surface area contributed by atoms with Gasteiger partial charge in [-0.1, -0.05) is 6.58 Å². The second-order valence-corrected chi connectivity index (χ2v) is 8.94. The molecule has 4 rings (SSSR count). The monoisotopic (exact) mass is 459 g/mol. The summed E-state index contributed by atoms with van der Waals surface area (Å²) in [6, 6.07) is 18.9. The molecule has 0 aliphatic rings. The molecule has 0 radical (unpaired) electrons. The highest BCUT2D eigenvalue weighted by Crippen LogP contribution is 2.41. The Hall–Kier alpha value is -3.77. The molecule has 0 unspecified atom stereocenters. The smallest absolute Gasteiger partial charge is 0.195 e.